The summed E-state index contributed by atoms with van der Waals surface area (Å²) in [5.41, 5.74) is 6.96. The normalized spacial score (nSPS) is 17.8. The van der Waals surface area contributed by atoms with E-state index >= 15 is 0 Å². The van der Waals surface area contributed by atoms with E-state index < -0.39 is 0 Å². The van der Waals surface area contributed by atoms with Gasteiger partial charge in [-0.2, -0.15) is 0 Å². The Morgan fingerprint density at radius 3 is 2.22 bits per heavy atom. The fraction of sp³-hybridized carbons (Fsp3) is 0.318. The molecule has 0 aliphatic carbocycles. The van der Waals surface area contributed by atoms with Gasteiger partial charge >= 0.3 is 0 Å². The van der Waals surface area contributed by atoms with Crippen molar-refractivity contribution in [2.24, 2.45) is 0 Å². The van der Waals surface area contributed by atoms with Gasteiger partial charge in [0.15, 0.2) is 6.04 Å². The van der Waals surface area contributed by atoms with Crippen molar-refractivity contribution < 1.29 is 4.58 Å². The Balaban J connectivity index is 2.21. The second-order valence-electron chi connectivity index (χ2n) is 6.56. The summed E-state index contributed by atoms with van der Waals surface area (Å²) in [6.07, 6.45) is 3.53. The first-order valence-corrected chi connectivity index (χ1v) is 8.60. The van der Waals surface area contributed by atoms with Crippen LogP contribution in [0.2, 0.25) is 0 Å². The van der Waals surface area contributed by atoms with E-state index in [9.17, 15) is 0 Å². The molecule has 0 fully saturated rings. The molecule has 1 heteroatoms. The quantitative estimate of drug-likeness (QED) is 0.675. The predicted octanol–water partition coefficient (Wildman–Crippen LogP) is 5.30. The van der Waals surface area contributed by atoms with Gasteiger partial charge in [0.25, 0.3) is 0 Å². The van der Waals surface area contributed by atoms with Gasteiger partial charge in [0, 0.05) is 16.7 Å². The Morgan fingerprint density at radius 1 is 0.957 bits per heavy atom. The first-order chi connectivity index (χ1) is 11.1. The highest BCUT2D eigenvalue weighted by atomic mass is 15.1. The average molecular weight is 304 g/mol. The molecule has 0 aromatic heterocycles. The minimum atomic E-state index is 0.335. The van der Waals surface area contributed by atoms with Gasteiger partial charge in [-0.05, 0) is 51.0 Å². The van der Waals surface area contributed by atoms with Gasteiger partial charge < -0.3 is 0 Å². The van der Waals surface area contributed by atoms with Crippen LogP contribution >= 0.6 is 0 Å². The molecule has 3 rings (SSSR count). The molecule has 0 spiro atoms. The smallest absolute Gasteiger partial charge is 0.211 e. The fourth-order valence-corrected chi connectivity index (χ4v) is 3.61. The lowest BCUT2D eigenvalue weighted by molar-refractivity contribution is -0.585. The van der Waals surface area contributed by atoms with Crippen LogP contribution in [0, 0.1) is 6.92 Å². The number of hydrogen-bond donors (Lipinski definition) is 0. The third kappa shape index (κ3) is 2.88. The van der Waals surface area contributed by atoms with Crippen LogP contribution in [0.25, 0.3) is 0 Å². The zero-order chi connectivity index (χ0) is 16.4. The van der Waals surface area contributed by atoms with Crippen molar-refractivity contribution >= 4 is 5.71 Å². The standard InChI is InChI=1S/C22H26N/c1-5-18-15-21(20-14-10-9-11-17(20)4)23(16(2)3)22(18)19-12-7-6-8-13-19/h6-16,21H,5H2,1-4H3/q+1. The van der Waals surface area contributed by atoms with E-state index in [1.54, 1.807) is 0 Å². The van der Waals surface area contributed by atoms with Crippen molar-refractivity contribution in [1.82, 2.24) is 0 Å². The molecule has 0 radical (unpaired) electrons. The number of hydrogen-bond acceptors (Lipinski definition) is 0. The van der Waals surface area contributed by atoms with Crippen LogP contribution in [0.1, 0.15) is 49.9 Å². The third-order valence-electron chi connectivity index (χ3n) is 4.71. The molecule has 0 saturated carbocycles. The molecule has 1 heterocycles. The lowest BCUT2D eigenvalue weighted by Gasteiger charge is -2.17. The van der Waals surface area contributed by atoms with E-state index in [1.165, 1.54) is 28.0 Å². The highest BCUT2D eigenvalue weighted by Crippen LogP contribution is 2.33. The molecular weight excluding hydrogens is 278 g/mol. The van der Waals surface area contributed by atoms with Gasteiger partial charge in [0.1, 0.15) is 6.04 Å². The Morgan fingerprint density at radius 2 is 1.61 bits per heavy atom. The van der Waals surface area contributed by atoms with Gasteiger partial charge in [-0.3, -0.25) is 0 Å². The maximum Gasteiger partial charge on any atom is 0.211 e. The van der Waals surface area contributed by atoms with Gasteiger partial charge in [-0.25, -0.2) is 4.58 Å². The SMILES string of the molecule is CCC1=CC(c2ccccc2C)[N+](C(C)C)=C1c1ccccc1. The molecule has 0 N–H and O–H groups in total. The maximum absolute atomic E-state index is 2.58. The lowest BCUT2D eigenvalue weighted by Crippen LogP contribution is -2.28. The van der Waals surface area contributed by atoms with Crippen molar-refractivity contribution in [3.63, 3.8) is 0 Å². The van der Waals surface area contributed by atoms with Crippen LogP contribution in [-0.4, -0.2) is 16.3 Å². The Hall–Kier alpha value is -2.15. The molecule has 1 aliphatic rings. The molecule has 1 atom stereocenters. The summed E-state index contributed by atoms with van der Waals surface area (Å²) >= 11 is 0. The monoisotopic (exact) mass is 304 g/mol. The Labute approximate surface area is 140 Å². The summed E-state index contributed by atoms with van der Waals surface area (Å²) in [7, 11) is 0. The minimum Gasteiger partial charge on any atom is -0.216 e. The summed E-state index contributed by atoms with van der Waals surface area (Å²) in [5, 5.41) is 0. The molecule has 2 aromatic carbocycles. The van der Waals surface area contributed by atoms with Crippen LogP contribution in [0.5, 0.6) is 0 Å². The number of benzene rings is 2. The van der Waals surface area contributed by atoms with Crippen molar-refractivity contribution in [3.8, 4) is 0 Å². The van der Waals surface area contributed by atoms with Gasteiger partial charge in [-0.1, -0.05) is 49.4 Å². The zero-order valence-electron chi connectivity index (χ0n) is 14.6. The first-order valence-electron chi connectivity index (χ1n) is 8.60. The van der Waals surface area contributed by atoms with Crippen LogP contribution in [0.4, 0.5) is 0 Å². The van der Waals surface area contributed by atoms with E-state index in [0.717, 1.165) is 6.42 Å². The lowest BCUT2D eigenvalue weighted by atomic mass is 9.99. The first kappa shape index (κ1) is 15.7. The number of nitrogens with zero attached hydrogens (tertiary/aromatic N) is 1. The molecule has 118 valence electrons. The summed E-state index contributed by atoms with van der Waals surface area (Å²) in [6.45, 7) is 9.06. The number of aryl methyl sites for hydroxylation is 1. The van der Waals surface area contributed by atoms with E-state index in [-0.39, 0.29) is 0 Å². The van der Waals surface area contributed by atoms with E-state index in [1.807, 2.05) is 0 Å². The molecule has 0 bridgehead atoms. The summed E-state index contributed by atoms with van der Waals surface area (Å²) in [5.74, 6) is 0. The largest absolute Gasteiger partial charge is 0.216 e. The van der Waals surface area contributed by atoms with Crippen molar-refractivity contribution in [2.75, 3.05) is 0 Å². The van der Waals surface area contributed by atoms with Crippen LogP contribution in [-0.2, 0) is 0 Å². The van der Waals surface area contributed by atoms with Crippen LogP contribution in [0.15, 0.2) is 66.2 Å². The zero-order valence-corrected chi connectivity index (χ0v) is 14.6. The molecular formula is C22H26N+. The topological polar surface area (TPSA) is 3.01 Å². The molecule has 0 amide bonds. The Bertz CT molecular complexity index is 751. The maximum atomic E-state index is 2.58. The second-order valence-corrected chi connectivity index (χ2v) is 6.56. The average Bonchev–Trinajstić information content (AvgIpc) is 2.95. The highest BCUT2D eigenvalue weighted by Gasteiger charge is 2.37. The van der Waals surface area contributed by atoms with Crippen molar-refractivity contribution in [2.45, 2.75) is 46.2 Å². The molecule has 1 nitrogen and oxygen atoms in total. The van der Waals surface area contributed by atoms with Crippen molar-refractivity contribution in [1.29, 1.82) is 0 Å². The summed E-state index contributed by atoms with van der Waals surface area (Å²) in [4.78, 5) is 0. The number of allylic oxidation sites excluding steroid dienone is 1. The van der Waals surface area contributed by atoms with Crippen LogP contribution in [0.3, 0.4) is 0 Å². The molecule has 1 unspecified atom stereocenters. The van der Waals surface area contributed by atoms with E-state index in [0.29, 0.717) is 12.1 Å². The minimum absolute atomic E-state index is 0.335. The summed E-state index contributed by atoms with van der Waals surface area (Å²) in [6, 6.07) is 20.4. The van der Waals surface area contributed by atoms with Gasteiger partial charge in [0.2, 0.25) is 5.71 Å². The van der Waals surface area contributed by atoms with E-state index in [4.69, 9.17) is 0 Å². The predicted molar refractivity (Wildman–Crippen MR) is 98.2 cm³/mol. The van der Waals surface area contributed by atoms with Crippen LogP contribution < -0.4 is 0 Å². The van der Waals surface area contributed by atoms with E-state index in [2.05, 4.69) is 92.9 Å². The summed E-state index contributed by atoms with van der Waals surface area (Å²) < 4.78 is 2.58. The second kappa shape index (κ2) is 6.54. The molecule has 0 saturated heterocycles. The molecule has 1 aliphatic heterocycles. The van der Waals surface area contributed by atoms with Gasteiger partial charge in [0.05, 0.1) is 0 Å². The van der Waals surface area contributed by atoms with Gasteiger partial charge in [-0.15, -0.1) is 0 Å². The highest BCUT2D eigenvalue weighted by molar-refractivity contribution is 6.10. The fourth-order valence-electron chi connectivity index (χ4n) is 3.61. The molecule has 2 aromatic rings. The Kier molecular flexibility index (Phi) is 4.47. The number of rotatable bonds is 4. The van der Waals surface area contributed by atoms with Crippen molar-refractivity contribution in [3.05, 3.63) is 82.9 Å². The molecule has 23 heavy (non-hydrogen) atoms. The third-order valence-corrected chi connectivity index (χ3v) is 4.71.